The minimum Gasteiger partial charge on any atom is -0.311 e. The van der Waals surface area contributed by atoms with Gasteiger partial charge in [0.25, 0.3) is 0 Å². The lowest BCUT2D eigenvalue weighted by Crippen LogP contribution is -2.67. The first-order valence-corrected chi connectivity index (χ1v) is 5.50. The van der Waals surface area contributed by atoms with Gasteiger partial charge in [-0.1, -0.05) is 20.3 Å². The predicted molar refractivity (Wildman–Crippen MR) is 57.9 cm³/mol. The molecule has 2 N–H and O–H groups in total. The molecule has 0 aliphatic carbocycles. The third-order valence-electron chi connectivity index (χ3n) is 3.80. The third-order valence-corrected chi connectivity index (χ3v) is 3.80. The van der Waals surface area contributed by atoms with E-state index in [9.17, 15) is 0 Å². The Bertz CT molecular complexity index is 169. The quantitative estimate of drug-likeness (QED) is 0.683. The number of hydrogen-bond donors (Lipinski definition) is 2. The molecule has 2 heteroatoms. The van der Waals surface area contributed by atoms with Crippen molar-refractivity contribution in [2.24, 2.45) is 5.92 Å². The van der Waals surface area contributed by atoms with E-state index in [1.807, 2.05) is 0 Å². The molecule has 0 aromatic heterocycles. The number of hydrogen-bond acceptors (Lipinski definition) is 2. The van der Waals surface area contributed by atoms with E-state index in [0.29, 0.717) is 12.1 Å². The number of nitrogens with one attached hydrogen (secondary N) is 2. The van der Waals surface area contributed by atoms with Gasteiger partial charge in [0.05, 0.1) is 0 Å². The molecule has 1 saturated heterocycles. The smallest absolute Gasteiger partial charge is 0.0306 e. The zero-order valence-corrected chi connectivity index (χ0v) is 9.65. The van der Waals surface area contributed by atoms with Crippen molar-refractivity contribution < 1.29 is 0 Å². The molecule has 1 aliphatic rings. The summed E-state index contributed by atoms with van der Waals surface area (Å²) in [6.07, 6.45) is 1.24. The molecular weight excluding hydrogens is 160 g/mol. The zero-order valence-electron chi connectivity index (χ0n) is 9.65. The molecule has 0 bridgehead atoms. The second-order valence-corrected chi connectivity index (χ2v) is 4.83. The van der Waals surface area contributed by atoms with Crippen LogP contribution in [0, 0.1) is 5.92 Å². The molecular formula is C11H24N2. The van der Waals surface area contributed by atoms with Gasteiger partial charge in [0.15, 0.2) is 0 Å². The molecule has 78 valence electrons. The van der Waals surface area contributed by atoms with Gasteiger partial charge in [-0.25, -0.2) is 0 Å². The normalized spacial score (nSPS) is 43.2. The molecule has 4 unspecified atom stereocenters. The van der Waals surface area contributed by atoms with Crippen LogP contribution in [0.4, 0.5) is 0 Å². The maximum absolute atomic E-state index is 3.73. The van der Waals surface area contributed by atoms with Crippen molar-refractivity contribution in [3.63, 3.8) is 0 Å². The molecule has 1 aliphatic heterocycles. The van der Waals surface area contributed by atoms with Gasteiger partial charge in [-0.3, -0.25) is 0 Å². The van der Waals surface area contributed by atoms with Gasteiger partial charge in [-0.2, -0.15) is 0 Å². The third kappa shape index (κ3) is 2.23. The summed E-state index contributed by atoms with van der Waals surface area (Å²) in [4.78, 5) is 0. The molecule has 0 saturated carbocycles. The van der Waals surface area contributed by atoms with Crippen LogP contribution in [0.1, 0.15) is 41.0 Å². The zero-order chi connectivity index (χ0) is 10.1. The monoisotopic (exact) mass is 184 g/mol. The van der Waals surface area contributed by atoms with Gasteiger partial charge in [0.1, 0.15) is 0 Å². The summed E-state index contributed by atoms with van der Waals surface area (Å²) >= 11 is 0. The Kier molecular flexibility index (Phi) is 3.36. The van der Waals surface area contributed by atoms with E-state index in [4.69, 9.17) is 0 Å². The highest BCUT2D eigenvalue weighted by atomic mass is 15.1. The van der Waals surface area contributed by atoms with Crippen molar-refractivity contribution in [2.75, 3.05) is 6.54 Å². The van der Waals surface area contributed by atoms with Gasteiger partial charge in [-0.15, -0.1) is 0 Å². The Morgan fingerprint density at radius 1 is 1.38 bits per heavy atom. The lowest BCUT2D eigenvalue weighted by Gasteiger charge is -2.46. The highest BCUT2D eigenvalue weighted by molar-refractivity contribution is 4.98. The van der Waals surface area contributed by atoms with Crippen LogP contribution in [0.2, 0.25) is 0 Å². The fourth-order valence-corrected chi connectivity index (χ4v) is 2.01. The second kappa shape index (κ2) is 3.97. The van der Waals surface area contributed by atoms with Crippen molar-refractivity contribution in [3.8, 4) is 0 Å². The van der Waals surface area contributed by atoms with Gasteiger partial charge in [0, 0.05) is 24.2 Å². The summed E-state index contributed by atoms with van der Waals surface area (Å²) in [7, 11) is 0. The van der Waals surface area contributed by atoms with Crippen LogP contribution in [0.15, 0.2) is 0 Å². The maximum atomic E-state index is 3.73. The average Bonchev–Trinajstić information content (AvgIpc) is 2.11. The van der Waals surface area contributed by atoms with Crippen molar-refractivity contribution in [1.82, 2.24) is 10.6 Å². The number of piperazine rings is 1. The predicted octanol–water partition coefficient (Wildman–Crippen LogP) is 1.76. The Morgan fingerprint density at radius 2 is 2.00 bits per heavy atom. The standard InChI is InChI=1S/C11H24N2/c1-6-8(2)11(5)7-12-9(3)10(4)13-11/h8-10,12-13H,6-7H2,1-5H3. The van der Waals surface area contributed by atoms with E-state index < -0.39 is 0 Å². The Labute approximate surface area is 82.5 Å². The van der Waals surface area contributed by atoms with Crippen molar-refractivity contribution in [2.45, 2.75) is 58.7 Å². The van der Waals surface area contributed by atoms with Gasteiger partial charge in [-0.05, 0) is 26.7 Å². The largest absolute Gasteiger partial charge is 0.311 e. The molecule has 1 rings (SSSR count). The van der Waals surface area contributed by atoms with Gasteiger partial charge < -0.3 is 10.6 Å². The van der Waals surface area contributed by atoms with Crippen LogP contribution in [-0.4, -0.2) is 24.2 Å². The van der Waals surface area contributed by atoms with Crippen LogP contribution in [0.5, 0.6) is 0 Å². The van der Waals surface area contributed by atoms with E-state index in [0.717, 1.165) is 12.5 Å². The van der Waals surface area contributed by atoms with E-state index in [1.165, 1.54) is 6.42 Å². The van der Waals surface area contributed by atoms with E-state index in [1.54, 1.807) is 0 Å². The number of rotatable bonds is 2. The molecule has 2 nitrogen and oxygen atoms in total. The lowest BCUT2D eigenvalue weighted by atomic mass is 9.82. The second-order valence-electron chi connectivity index (χ2n) is 4.83. The molecule has 1 fully saturated rings. The molecule has 0 aromatic carbocycles. The SMILES string of the molecule is CCC(C)C1(C)CNC(C)C(C)N1. The molecule has 0 radical (unpaired) electrons. The molecule has 0 aromatic rings. The summed E-state index contributed by atoms with van der Waals surface area (Å²) in [5.41, 5.74) is 0.278. The van der Waals surface area contributed by atoms with E-state index in [2.05, 4.69) is 45.3 Å². The lowest BCUT2D eigenvalue weighted by molar-refractivity contribution is 0.150. The highest BCUT2D eigenvalue weighted by Crippen LogP contribution is 2.23. The van der Waals surface area contributed by atoms with Crippen LogP contribution in [0.3, 0.4) is 0 Å². The van der Waals surface area contributed by atoms with Crippen molar-refractivity contribution >= 4 is 0 Å². The first kappa shape index (κ1) is 11.0. The van der Waals surface area contributed by atoms with E-state index >= 15 is 0 Å². The first-order chi connectivity index (χ1) is 5.99. The Balaban J connectivity index is 2.61. The summed E-state index contributed by atoms with van der Waals surface area (Å²) in [6, 6.07) is 1.17. The molecule has 0 amide bonds. The van der Waals surface area contributed by atoms with Crippen molar-refractivity contribution in [1.29, 1.82) is 0 Å². The van der Waals surface area contributed by atoms with Crippen molar-refractivity contribution in [3.05, 3.63) is 0 Å². The average molecular weight is 184 g/mol. The summed E-state index contributed by atoms with van der Waals surface area (Å²) < 4.78 is 0. The minimum atomic E-state index is 0.278. The topological polar surface area (TPSA) is 24.1 Å². The Morgan fingerprint density at radius 3 is 2.46 bits per heavy atom. The fraction of sp³-hybridized carbons (Fsp3) is 1.00. The first-order valence-electron chi connectivity index (χ1n) is 5.50. The molecule has 0 spiro atoms. The van der Waals surface area contributed by atoms with Crippen LogP contribution in [0.25, 0.3) is 0 Å². The minimum absolute atomic E-state index is 0.278. The summed E-state index contributed by atoms with van der Waals surface area (Å²) in [6.45, 7) is 12.5. The molecule has 1 heterocycles. The van der Waals surface area contributed by atoms with Crippen LogP contribution >= 0.6 is 0 Å². The van der Waals surface area contributed by atoms with Gasteiger partial charge >= 0.3 is 0 Å². The van der Waals surface area contributed by atoms with E-state index in [-0.39, 0.29) is 5.54 Å². The Hall–Kier alpha value is -0.0800. The van der Waals surface area contributed by atoms with Crippen LogP contribution in [-0.2, 0) is 0 Å². The van der Waals surface area contributed by atoms with Gasteiger partial charge in [0.2, 0.25) is 0 Å². The highest BCUT2D eigenvalue weighted by Gasteiger charge is 2.36. The van der Waals surface area contributed by atoms with Crippen LogP contribution < -0.4 is 10.6 Å². The summed E-state index contributed by atoms with van der Waals surface area (Å²) in [5.74, 6) is 0.731. The maximum Gasteiger partial charge on any atom is 0.0306 e. The fourth-order valence-electron chi connectivity index (χ4n) is 2.01. The summed E-state index contributed by atoms with van der Waals surface area (Å²) in [5, 5.41) is 7.31. The molecule has 13 heavy (non-hydrogen) atoms. The molecule has 4 atom stereocenters.